The molecule has 0 atom stereocenters. The first-order valence-electron chi connectivity index (χ1n) is 10.6. The van der Waals surface area contributed by atoms with E-state index in [-0.39, 0.29) is 18.1 Å². The summed E-state index contributed by atoms with van der Waals surface area (Å²) in [6.45, 7) is 6.17. The van der Waals surface area contributed by atoms with Gasteiger partial charge in [0.2, 0.25) is 5.91 Å². The Morgan fingerprint density at radius 2 is 1.80 bits per heavy atom. The molecule has 0 spiro atoms. The van der Waals surface area contributed by atoms with E-state index in [1.807, 2.05) is 35.2 Å². The highest BCUT2D eigenvalue weighted by molar-refractivity contribution is 5.95. The highest BCUT2D eigenvalue weighted by Crippen LogP contribution is 2.20. The monoisotopic (exact) mass is 412 g/mol. The maximum Gasteiger partial charge on any atom is 0.273 e. The second kappa shape index (κ2) is 9.86. The summed E-state index contributed by atoms with van der Waals surface area (Å²) in [7, 11) is 0. The van der Waals surface area contributed by atoms with Crippen molar-refractivity contribution >= 4 is 11.8 Å². The maximum absolute atomic E-state index is 12.5. The van der Waals surface area contributed by atoms with Gasteiger partial charge in [-0.2, -0.15) is 0 Å². The number of carbonyl (C=O) groups excluding carboxylic acids is 2. The molecule has 30 heavy (non-hydrogen) atoms. The Kier molecular flexibility index (Phi) is 6.76. The number of aromatic nitrogens is 1. The average molecular weight is 412 g/mol. The molecular formula is C22H28N4O4. The Labute approximate surface area is 176 Å². The van der Waals surface area contributed by atoms with Gasteiger partial charge in [0.15, 0.2) is 11.5 Å². The maximum atomic E-state index is 12.5. The van der Waals surface area contributed by atoms with E-state index in [0.717, 1.165) is 64.3 Å². The molecule has 2 amide bonds. The van der Waals surface area contributed by atoms with Gasteiger partial charge < -0.3 is 19.5 Å². The third-order valence-corrected chi connectivity index (χ3v) is 5.79. The average Bonchev–Trinajstić information content (AvgIpc) is 3.30. The van der Waals surface area contributed by atoms with Gasteiger partial charge in [-0.25, -0.2) is 0 Å². The fourth-order valence-corrected chi connectivity index (χ4v) is 3.99. The van der Waals surface area contributed by atoms with Gasteiger partial charge >= 0.3 is 0 Å². The van der Waals surface area contributed by atoms with Crippen molar-refractivity contribution in [2.24, 2.45) is 5.92 Å². The van der Waals surface area contributed by atoms with Gasteiger partial charge in [0, 0.05) is 44.4 Å². The minimum absolute atomic E-state index is 0.0273. The second-order valence-electron chi connectivity index (χ2n) is 7.86. The standard InChI is InChI=1S/C22H28N4O4/c27-21(26-8-6-17(7-9-26)16-25-10-12-29-13-11-25)15-23-22(28)19-14-20(30-24-19)18-4-2-1-3-5-18/h1-5,14,17H,6-13,15-16H2,(H,23,28). The molecule has 1 aromatic carbocycles. The molecular weight excluding hydrogens is 384 g/mol. The molecule has 8 heteroatoms. The molecule has 2 aliphatic heterocycles. The minimum Gasteiger partial charge on any atom is -0.379 e. The van der Waals surface area contributed by atoms with Crippen molar-refractivity contribution in [3.63, 3.8) is 0 Å². The van der Waals surface area contributed by atoms with Crippen molar-refractivity contribution in [1.29, 1.82) is 0 Å². The number of hydrogen-bond acceptors (Lipinski definition) is 6. The van der Waals surface area contributed by atoms with Gasteiger partial charge in [0.25, 0.3) is 5.91 Å². The summed E-state index contributed by atoms with van der Waals surface area (Å²) in [5.74, 6) is 0.680. The number of rotatable bonds is 6. The first-order valence-corrected chi connectivity index (χ1v) is 10.6. The molecule has 2 saturated heterocycles. The Bertz CT molecular complexity index is 840. The Balaban J connectivity index is 1.20. The van der Waals surface area contributed by atoms with Crippen molar-refractivity contribution in [3.8, 4) is 11.3 Å². The second-order valence-corrected chi connectivity index (χ2v) is 7.86. The fourth-order valence-electron chi connectivity index (χ4n) is 3.99. The van der Waals surface area contributed by atoms with E-state index in [0.29, 0.717) is 11.7 Å². The van der Waals surface area contributed by atoms with E-state index >= 15 is 0 Å². The smallest absolute Gasteiger partial charge is 0.273 e. The summed E-state index contributed by atoms with van der Waals surface area (Å²) in [6.07, 6.45) is 2.00. The van der Waals surface area contributed by atoms with Crippen molar-refractivity contribution in [2.45, 2.75) is 12.8 Å². The summed E-state index contributed by atoms with van der Waals surface area (Å²) < 4.78 is 10.7. The molecule has 160 valence electrons. The van der Waals surface area contributed by atoms with Crippen molar-refractivity contribution in [3.05, 3.63) is 42.1 Å². The Morgan fingerprint density at radius 1 is 1.07 bits per heavy atom. The molecule has 2 aromatic rings. The molecule has 0 bridgehead atoms. The number of nitrogens with one attached hydrogen (secondary N) is 1. The molecule has 4 rings (SSSR count). The number of nitrogens with zero attached hydrogens (tertiary/aromatic N) is 3. The SMILES string of the molecule is O=C(NCC(=O)N1CCC(CN2CCOCC2)CC1)c1cc(-c2ccccc2)on1. The van der Waals surface area contributed by atoms with Crippen LogP contribution in [-0.2, 0) is 9.53 Å². The molecule has 2 fully saturated rings. The lowest BCUT2D eigenvalue weighted by atomic mass is 9.96. The van der Waals surface area contributed by atoms with E-state index in [2.05, 4.69) is 15.4 Å². The first kappa shape index (κ1) is 20.6. The molecule has 1 N–H and O–H groups in total. The number of benzene rings is 1. The van der Waals surface area contributed by atoms with Gasteiger partial charge in [0.1, 0.15) is 0 Å². The predicted octanol–water partition coefficient (Wildman–Crippen LogP) is 1.64. The molecule has 0 aliphatic carbocycles. The molecule has 0 radical (unpaired) electrons. The first-order chi connectivity index (χ1) is 14.7. The summed E-state index contributed by atoms with van der Waals surface area (Å²) in [5, 5.41) is 6.49. The minimum atomic E-state index is -0.406. The molecule has 8 nitrogen and oxygen atoms in total. The summed E-state index contributed by atoms with van der Waals surface area (Å²) >= 11 is 0. The highest BCUT2D eigenvalue weighted by atomic mass is 16.5. The van der Waals surface area contributed by atoms with Gasteiger partial charge in [0.05, 0.1) is 19.8 Å². The van der Waals surface area contributed by atoms with Crippen LogP contribution in [0.4, 0.5) is 0 Å². The van der Waals surface area contributed by atoms with Crippen LogP contribution in [-0.4, -0.2) is 79.3 Å². The number of ether oxygens (including phenoxy) is 1. The fraction of sp³-hybridized carbons (Fsp3) is 0.500. The lowest BCUT2D eigenvalue weighted by Gasteiger charge is -2.36. The number of hydrogen-bond donors (Lipinski definition) is 1. The van der Waals surface area contributed by atoms with E-state index < -0.39 is 5.91 Å². The van der Waals surface area contributed by atoms with Crippen LogP contribution in [0.2, 0.25) is 0 Å². The van der Waals surface area contributed by atoms with E-state index in [1.54, 1.807) is 6.07 Å². The third kappa shape index (κ3) is 5.25. The van der Waals surface area contributed by atoms with Gasteiger partial charge in [-0.1, -0.05) is 35.5 Å². The molecule has 0 unspecified atom stereocenters. The van der Waals surface area contributed by atoms with E-state index in [1.165, 1.54) is 0 Å². The molecule has 0 saturated carbocycles. The summed E-state index contributed by atoms with van der Waals surface area (Å²) in [5.41, 5.74) is 1.02. The summed E-state index contributed by atoms with van der Waals surface area (Å²) in [4.78, 5) is 29.1. The lowest BCUT2D eigenvalue weighted by Crippen LogP contribution is -2.46. The number of amides is 2. The molecule has 3 heterocycles. The third-order valence-electron chi connectivity index (χ3n) is 5.79. The lowest BCUT2D eigenvalue weighted by molar-refractivity contribution is -0.131. The van der Waals surface area contributed by atoms with Crippen LogP contribution < -0.4 is 5.32 Å². The van der Waals surface area contributed by atoms with Crippen LogP contribution in [0.3, 0.4) is 0 Å². The zero-order valence-corrected chi connectivity index (χ0v) is 17.1. The molecule has 2 aliphatic rings. The van der Waals surface area contributed by atoms with Crippen molar-refractivity contribution in [1.82, 2.24) is 20.3 Å². The van der Waals surface area contributed by atoms with Crippen LogP contribution in [0, 0.1) is 5.92 Å². The number of morpholine rings is 1. The number of likely N-dealkylation sites (tertiary alicyclic amines) is 1. The zero-order valence-electron chi connectivity index (χ0n) is 17.1. The van der Waals surface area contributed by atoms with E-state index in [9.17, 15) is 9.59 Å². The van der Waals surface area contributed by atoms with Crippen molar-refractivity contribution in [2.75, 3.05) is 52.5 Å². The number of piperidine rings is 1. The quantitative estimate of drug-likeness (QED) is 0.776. The van der Waals surface area contributed by atoms with Crippen LogP contribution >= 0.6 is 0 Å². The van der Waals surface area contributed by atoms with Gasteiger partial charge in [-0.05, 0) is 18.8 Å². The normalized spacial score (nSPS) is 18.3. The van der Waals surface area contributed by atoms with Gasteiger partial charge in [-0.15, -0.1) is 0 Å². The van der Waals surface area contributed by atoms with Crippen molar-refractivity contribution < 1.29 is 18.8 Å². The van der Waals surface area contributed by atoms with Crippen LogP contribution in [0.15, 0.2) is 40.9 Å². The van der Waals surface area contributed by atoms with Crippen LogP contribution in [0.1, 0.15) is 23.3 Å². The topological polar surface area (TPSA) is 87.9 Å². The van der Waals surface area contributed by atoms with Gasteiger partial charge in [-0.3, -0.25) is 14.5 Å². The zero-order chi connectivity index (χ0) is 20.8. The van der Waals surface area contributed by atoms with E-state index in [4.69, 9.17) is 9.26 Å². The highest BCUT2D eigenvalue weighted by Gasteiger charge is 2.25. The predicted molar refractivity (Wildman–Crippen MR) is 111 cm³/mol. The number of carbonyl (C=O) groups is 2. The van der Waals surface area contributed by atoms with Crippen LogP contribution in [0.5, 0.6) is 0 Å². The summed E-state index contributed by atoms with van der Waals surface area (Å²) in [6, 6.07) is 11.0. The van der Waals surface area contributed by atoms with Crippen LogP contribution in [0.25, 0.3) is 11.3 Å². The largest absolute Gasteiger partial charge is 0.379 e. The Morgan fingerprint density at radius 3 is 2.53 bits per heavy atom. The molecule has 1 aromatic heterocycles. The Hall–Kier alpha value is -2.71.